The first-order valence-corrected chi connectivity index (χ1v) is 28.1. The normalized spacial score (nSPS) is 15.2. The topological polar surface area (TPSA) is 305 Å². The number of urea groups is 1. The molecule has 0 radical (unpaired) electrons. The Morgan fingerprint density at radius 3 is 2.43 bits per heavy atom. The number of nitrogens with one attached hydrogen (secondary N) is 5. The number of nitrogens with two attached hydrogens (primary N) is 1. The van der Waals surface area contributed by atoms with Crippen molar-refractivity contribution in [3.63, 3.8) is 0 Å². The third-order valence-corrected chi connectivity index (χ3v) is 15.3. The molecule has 5 heterocycles. The highest BCUT2D eigenvalue weighted by atomic mass is 32.2. The number of aromatic nitrogens is 4. The number of cyclic esters (lactones) is 1. The van der Waals surface area contributed by atoms with Crippen molar-refractivity contribution in [2.45, 2.75) is 123 Å². The standard InChI is InChI=1S/C55H64N10O12S2/c1-7-55(41-26-44-47-39(29-64(44)50(69)40(41)31-75-51(55)70)37(38-15-11-12-16-42(38)61-47)23-25-65(33(4)5)79(6,73)74)77-54(72)76-30-34-19-21-36(22-20-34)60-48(67)43(17-13-24-57-52(56)71)62-49(68)46(32(2)3)63-45(66)18-10-8-9-14-35-27-58-53(78)59-28-35/h11-12,15-16,19-22,26-28,32-33,43,46H,7-8,10,13,17-18,23-25,29-31H2,1-6H3,(H,60,67)(H,62,68)(H,63,66)(H3,56,57,71)(H,58,59,78)/t43-,46?,55-/m0/s1. The van der Waals surface area contributed by atoms with Gasteiger partial charge in [-0.25, -0.2) is 32.8 Å². The van der Waals surface area contributed by atoms with Gasteiger partial charge in [0.2, 0.25) is 33.3 Å². The molecule has 7 N–H and O–H groups in total. The summed E-state index contributed by atoms with van der Waals surface area (Å²) in [6.45, 7) is 8.48. The molecule has 0 bridgehead atoms. The number of hydrogen-bond acceptors (Lipinski definition) is 15. The van der Waals surface area contributed by atoms with E-state index >= 15 is 0 Å². The number of H-pyrrole nitrogens is 1. The lowest BCUT2D eigenvalue weighted by molar-refractivity contribution is -0.175. The molecule has 3 aromatic heterocycles. The fourth-order valence-electron chi connectivity index (χ4n) is 9.55. The van der Waals surface area contributed by atoms with E-state index in [-0.39, 0.29) is 87.5 Å². The monoisotopic (exact) mass is 1120 g/mol. The molecular weight excluding hydrogens is 1060 g/mol. The van der Waals surface area contributed by atoms with Crippen LogP contribution in [0.2, 0.25) is 0 Å². The number of primary amides is 1. The Morgan fingerprint density at radius 2 is 1.76 bits per heavy atom. The van der Waals surface area contributed by atoms with Gasteiger partial charge in [-0.1, -0.05) is 62.9 Å². The lowest BCUT2D eigenvalue weighted by Crippen LogP contribution is -2.54. The molecule has 0 spiro atoms. The van der Waals surface area contributed by atoms with Crippen molar-refractivity contribution in [1.82, 2.24) is 39.8 Å². The molecule has 2 aromatic carbocycles. The zero-order chi connectivity index (χ0) is 57.2. The maximum absolute atomic E-state index is 14.4. The molecular formula is C55H64N10O12S2. The van der Waals surface area contributed by atoms with E-state index in [9.17, 15) is 42.0 Å². The number of para-hydroxylation sites is 1. The molecule has 24 heteroatoms. The van der Waals surface area contributed by atoms with E-state index < -0.39 is 63.2 Å². The van der Waals surface area contributed by atoms with Crippen LogP contribution < -0.4 is 32.6 Å². The molecule has 5 aromatic rings. The van der Waals surface area contributed by atoms with Crippen LogP contribution in [0.25, 0.3) is 22.3 Å². The van der Waals surface area contributed by atoms with Crippen molar-refractivity contribution in [2.24, 2.45) is 11.7 Å². The number of unbranched alkanes of at least 4 members (excludes halogenated alkanes) is 1. The molecule has 2 aliphatic rings. The van der Waals surface area contributed by atoms with Gasteiger partial charge in [-0.3, -0.25) is 19.2 Å². The number of nitrogens with zero attached hydrogens (tertiary/aromatic N) is 4. The molecule has 7 rings (SSSR count). The van der Waals surface area contributed by atoms with Crippen molar-refractivity contribution >= 4 is 74.7 Å². The first-order chi connectivity index (χ1) is 37.6. The number of esters is 1. The molecule has 79 heavy (non-hydrogen) atoms. The van der Waals surface area contributed by atoms with E-state index in [0.717, 1.165) is 16.5 Å². The van der Waals surface area contributed by atoms with Gasteiger partial charge in [0.15, 0.2) is 4.77 Å². The first-order valence-electron chi connectivity index (χ1n) is 25.8. The largest absolute Gasteiger partial charge is 0.510 e. The Bertz CT molecular complexity index is 3440. The molecule has 1 unspecified atom stereocenters. The summed E-state index contributed by atoms with van der Waals surface area (Å²) in [4.78, 5) is 105. The minimum absolute atomic E-state index is 0.0925. The van der Waals surface area contributed by atoms with Gasteiger partial charge in [0, 0.05) is 66.6 Å². The van der Waals surface area contributed by atoms with Crippen molar-refractivity contribution in [3.05, 3.63) is 115 Å². The number of rotatable bonds is 22. The molecule has 22 nitrogen and oxygen atoms in total. The van der Waals surface area contributed by atoms with Crippen molar-refractivity contribution in [2.75, 3.05) is 24.7 Å². The average molecular weight is 1120 g/mol. The van der Waals surface area contributed by atoms with Gasteiger partial charge >= 0.3 is 18.2 Å². The highest BCUT2D eigenvalue weighted by Crippen LogP contribution is 2.42. The number of fused-ring (bicyclic) bond motifs is 5. The van der Waals surface area contributed by atoms with E-state index in [1.165, 1.54) is 15.1 Å². The van der Waals surface area contributed by atoms with Gasteiger partial charge < -0.3 is 50.8 Å². The predicted molar refractivity (Wildman–Crippen MR) is 295 cm³/mol. The highest BCUT2D eigenvalue weighted by molar-refractivity contribution is 7.88. The third kappa shape index (κ3) is 14.2. The average Bonchev–Trinajstić information content (AvgIpc) is 3.93. The fraction of sp³-hybridized carbons (Fsp3) is 0.418. The fourth-order valence-corrected chi connectivity index (χ4v) is 10.9. The first kappa shape index (κ1) is 58.7. The van der Waals surface area contributed by atoms with Crippen molar-refractivity contribution in [1.29, 1.82) is 0 Å². The van der Waals surface area contributed by atoms with Crippen LogP contribution in [0.3, 0.4) is 0 Å². The summed E-state index contributed by atoms with van der Waals surface area (Å²) < 4.78 is 45.7. The van der Waals surface area contributed by atoms with Crippen LogP contribution in [0.15, 0.2) is 71.8 Å². The van der Waals surface area contributed by atoms with Crippen LogP contribution >= 0.6 is 12.2 Å². The van der Waals surface area contributed by atoms with E-state index in [2.05, 4.69) is 43.1 Å². The van der Waals surface area contributed by atoms with Crippen LogP contribution in [0.1, 0.15) is 107 Å². The number of benzene rings is 2. The Morgan fingerprint density at radius 1 is 1.01 bits per heavy atom. The molecule has 5 amide bonds. The molecule has 0 fully saturated rings. The Labute approximate surface area is 462 Å². The number of ether oxygens (including phenoxy) is 3. The van der Waals surface area contributed by atoms with Gasteiger partial charge in [-0.15, -0.1) is 0 Å². The summed E-state index contributed by atoms with van der Waals surface area (Å²) in [5.41, 5.74) is 7.43. The highest BCUT2D eigenvalue weighted by Gasteiger charge is 2.51. The lowest BCUT2D eigenvalue weighted by atomic mass is 9.85. The van der Waals surface area contributed by atoms with Crippen LogP contribution in [0, 0.1) is 22.5 Å². The number of hydrogen-bond donors (Lipinski definition) is 6. The summed E-state index contributed by atoms with van der Waals surface area (Å²) in [7, 11) is -3.54. The lowest BCUT2D eigenvalue weighted by Gasteiger charge is -2.35. The van der Waals surface area contributed by atoms with E-state index in [0.29, 0.717) is 57.8 Å². The predicted octanol–water partition coefficient (Wildman–Crippen LogP) is 5.34. The Kier molecular flexibility index (Phi) is 19.0. The van der Waals surface area contributed by atoms with E-state index in [1.807, 2.05) is 24.3 Å². The number of pyridine rings is 2. The quantitative estimate of drug-likeness (QED) is 0.0216. The number of sulfonamides is 1. The minimum Gasteiger partial charge on any atom is -0.457 e. The summed E-state index contributed by atoms with van der Waals surface area (Å²) in [5.74, 6) is 3.13. The van der Waals surface area contributed by atoms with Gasteiger partial charge in [0.25, 0.3) is 5.56 Å². The minimum atomic E-state index is -3.54. The molecule has 2 aliphatic heterocycles. The van der Waals surface area contributed by atoms with Gasteiger partial charge in [-0.05, 0) is 99.5 Å². The molecule has 0 aliphatic carbocycles. The second kappa shape index (κ2) is 25.6. The number of aromatic amines is 1. The van der Waals surface area contributed by atoms with E-state index in [4.69, 9.17) is 37.1 Å². The zero-order valence-corrected chi connectivity index (χ0v) is 46.4. The van der Waals surface area contributed by atoms with Crippen LogP contribution in [-0.2, 0) is 75.2 Å². The smallest absolute Gasteiger partial charge is 0.457 e. The zero-order valence-electron chi connectivity index (χ0n) is 44.7. The molecule has 418 valence electrons. The van der Waals surface area contributed by atoms with E-state index in [1.54, 1.807) is 77.3 Å². The van der Waals surface area contributed by atoms with Gasteiger partial charge in [0.05, 0.1) is 40.8 Å². The maximum atomic E-state index is 14.4. The summed E-state index contributed by atoms with van der Waals surface area (Å²) in [5, 5.41) is 11.6. The van der Waals surface area contributed by atoms with Crippen LogP contribution in [0.4, 0.5) is 15.3 Å². The number of amides is 5. The Balaban J connectivity index is 1.01. The maximum Gasteiger partial charge on any atom is 0.510 e. The molecule has 0 saturated carbocycles. The van der Waals surface area contributed by atoms with Gasteiger partial charge in [0.1, 0.15) is 25.3 Å². The number of carbonyl (C=O) groups is 6. The summed E-state index contributed by atoms with van der Waals surface area (Å²) in [6.07, 6.45) is 4.64. The van der Waals surface area contributed by atoms with Crippen molar-refractivity contribution in [3.8, 4) is 23.2 Å². The molecule has 0 saturated heterocycles. The SMILES string of the molecule is CC[C@@]1(OC(=O)OCc2ccc(NC(=O)[C@H](CCCNC(N)=O)NC(=O)C(NC(=O)CCCC#Cc3cnc(=S)[nH]c3)C(C)C)cc2)C(=O)OCc2c1cc1n(c2=O)Cc2c-1nc1ccccc1c2CCN(C(C)C)S(C)(=O)=O. The number of carbonyl (C=O) groups excluding carboxylic acids is 6. The molecule has 3 atom stereocenters. The van der Waals surface area contributed by atoms with Crippen LogP contribution in [-0.4, -0.2) is 106 Å². The second-order valence-electron chi connectivity index (χ2n) is 19.8. The summed E-state index contributed by atoms with van der Waals surface area (Å²) in [6, 6.07) is 12.2. The number of anilines is 1. The summed E-state index contributed by atoms with van der Waals surface area (Å²) >= 11 is 4.94. The third-order valence-electron chi connectivity index (χ3n) is 13.6. The van der Waals surface area contributed by atoms with Crippen molar-refractivity contribution < 1.29 is 51.4 Å². The van der Waals surface area contributed by atoms with Gasteiger partial charge in [-0.2, -0.15) is 4.31 Å². The second-order valence-corrected chi connectivity index (χ2v) is 22.1. The Hall–Kier alpha value is -8.01. The van der Waals surface area contributed by atoms with Crippen LogP contribution in [0.5, 0.6) is 0 Å².